The van der Waals surface area contributed by atoms with Gasteiger partial charge in [0, 0.05) is 7.11 Å². The van der Waals surface area contributed by atoms with E-state index in [0.29, 0.717) is 6.42 Å². The molecule has 13 heavy (non-hydrogen) atoms. The van der Waals surface area contributed by atoms with Gasteiger partial charge in [-0.3, -0.25) is 0 Å². The number of hydrogen-bond acceptors (Lipinski definition) is 5. The molecule has 1 fully saturated rings. The van der Waals surface area contributed by atoms with Gasteiger partial charge in [-0.2, -0.15) is 0 Å². The molecule has 3 N–H and O–H groups in total. The summed E-state index contributed by atoms with van der Waals surface area (Å²) in [5, 5.41) is 28.2. The van der Waals surface area contributed by atoms with E-state index >= 15 is 0 Å². The Labute approximate surface area is 76.9 Å². The molecule has 0 spiro atoms. The number of aliphatic hydroxyl groups is 3. The molecule has 0 aliphatic carbocycles. The van der Waals surface area contributed by atoms with Crippen molar-refractivity contribution >= 4 is 0 Å². The largest absolute Gasteiger partial charge is 0.388 e. The van der Waals surface area contributed by atoms with Gasteiger partial charge in [0.25, 0.3) is 0 Å². The minimum atomic E-state index is -1.20. The molecule has 4 unspecified atom stereocenters. The monoisotopic (exact) mass is 192 g/mol. The van der Waals surface area contributed by atoms with Crippen LogP contribution in [0.5, 0.6) is 0 Å². The van der Waals surface area contributed by atoms with Crippen molar-refractivity contribution in [3.05, 3.63) is 0 Å². The average molecular weight is 192 g/mol. The molecule has 0 aromatic heterocycles. The van der Waals surface area contributed by atoms with E-state index in [2.05, 4.69) is 0 Å². The van der Waals surface area contributed by atoms with Crippen molar-refractivity contribution in [2.45, 2.75) is 44.1 Å². The summed E-state index contributed by atoms with van der Waals surface area (Å²) < 4.78 is 10.0. The highest BCUT2D eigenvalue weighted by Crippen LogP contribution is 2.23. The van der Waals surface area contributed by atoms with E-state index < -0.39 is 30.7 Å². The minimum absolute atomic E-state index is 0.483. The third kappa shape index (κ3) is 2.00. The molecule has 78 valence electrons. The summed E-state index contributed by atoms with van der Waals surface area (Å²) >= 11 is 0. The number of hydrogen-bond donors (Lipinski definition) is 3. The second-order valence-corrected chi connectivity index (χ2v) is 3.16. The molecule has 5 atom stereocenters. The first-order chi connectivity index (χ1) is 6.11. The van der Waals surface area contributed by atoms with Crippen LogP contribution < -0.4 is 0 Å². The van der Waals surface area contributed by atoms with Crippen LogP contribution in [0.2, 0.25) is 0 Å². The van der Waals surface area contributed by atoms with E-state index in [4.69, 9.17) is 9.47 Å². The van der Waals surface area contributed by atoms with Gasteiger partial charge in [-0.25, -0.2) is 0 Å². The fourth-order valence-corrected chi connectivity index (χ4v) is 1.45. The second-order valence-electron chi connectivity index (χ2n) is 3.16. The SMILES string of the molecule is CC[C@H]1OC(OC)C(O)C(O)C1O. The van der Waals surface area contributed by atoms with Gasteiger partial charge in [0.05, 0.1) is 6.10 Å². The lowest BCUT2D eigenvalue weighted by atomic mass is 9.97. The standard InChI is InChI=1S/C8H16O5/c1-3-4-5(9)6(10)7(11)8(12-2)13-4/h4-11H,3H2,1-2H3/t4-,5?,6?,7?,8?/m1/s1. The van der Waals surface area contributed by atoms with Crippen LogP contribution >= 0.6 is 0 Å². The smallest absolute Gasteiger partial charge is 0.186 e. The minimum Gasteiger partial charge on any atom is -0.388 e. The van der Waals surface area contributed by atoms with Crippen molar-refractivity contribution in [2.75, 3.05) is 7.11 Å². The van der Waals surface area contributed by atoms with Gasteiger partial charge < -0.3 is 24.8 Å². The Kier molecular flexibility index (Phi) is 3.63. The molecular formula is C8H16O5. The maximum Gasteiger partial charge on any atom is 0.186 e. The molecule has 5 nitrogen and oxygen atoms in total. The Bertz CT molecular complexity index is 143. The van der Waals surface area contributed by atoms with Crippen molar-refractivity contribution in [1.29, 1.82) is 0 Å². The molecule has 0 amide bonds. The fraction of sp³-hybridized carbons (Fsp3) is 1.00. The topological polar surface area (TPSA) is 79.2 Å². The maximum absolute atomic E-state index is 9.43. The highest BCUT2D eigenvalue weighted by Gasteiger charge is 2.42. The molecule has 1 heterocycles. The molecule has 0 radical (unpaired) electrons. The van der Waals surface area contributed by atoms with E-state index in [1.54, 1.807) is 0 Å². The van der Waals surface area contributed by atoms with Gasteiger partial charge >= 0.3 is 0 Å². The van der Waals surface area contributed by atoms with E-state index in [0.717, 1.165) is 0 Å². The molecule has 5 heteroatoms. The van der Waals surface area contributed by atoms with Crippen molar-refractivity contribution in [1.82, 2.24) is 0 Å². The van der Waals surface area contributed by atoms with Gasteiger partial charge in [0.15, 0.2) is 6.29 Å². The number of ether oxygens (including phenoxy) is 2. The van der Waals surface area contributed by atoms with E-state index in [-0.39, 0.29) is 0 Å². The summed E-state index contributed by atoms with van der Waals surface area (Å²) in [6.07, 6.45) is -4.23. The lowest BCUT2D eigenvalue weighted by Crippen LogP contribution is -2.57. The molecule has 1 rings (SSSR count). The van der Waals surface area contributed by atoms with E-state index in [1.807, 2.05) is 6.92 Å². The molecule has 1 aliphatic heterocycles. The molecule has 0 aromatic rings. The van der Waals surface area contributed by atoms with Gasteiger partial charge in [0.2, 0.25) is 0 Å². The van der Waals surface area contributed by atoms with Gasteiger partial charge in [-0.1, -0.05) is 6.92 Å². The Morgan fingerprint density at radius 3 is 2.23 bits per heavy atom. The molecule has 1 aliphatic rings. The number of aliphatic hydroxyl groups excluding tert-OH is 3. The van der Waals surface area contributed by atoms with Crippen LogP contribution in [0, 0.1) is 0 Å². The number of rotatable bonds is 2. The Morgan fingerprint density at radius 1 is 1.15 bits per heavy atom. The van der Waals surface area contributed by atoms with Gasteiger partial charge in [0.1, 0.15) is 18.3 Å². The summed E-state index contributed by atoms with van der Waals surface area (Å²) in [7, 11) is 1.38. The van der Waals surface area contributed by atoms with E-state index in [1.165, 1.54) is 7.11 Å². The van der Waals surface area contributed by atoms with Crippen molar-refractivity contribution in [3.63, 3.8) is 0 Å². The normalized spacial score (nSPS) is 46.4. The van der Waals surface area contributed by atoms with Crippen LogP contribution in [0.25, 0.3) is 0 Å². The first kappa shape index (κ1) is 10.9. The summed E-state index contributed by atoms with van der Waals surface area (Å²) in [5.74, 6) is 0. The lowest BCUT2D eigenvalue weighted by molar-refractivity contribution is -0.290. The fourth-order valence-electron chi connectivity index (χ4n) is 1.45. The van der Waals surface area contributed by atoms with Crippen molar-refractivity contribution < 1.29 is 24.8 Å². The second kappa shape index (κ2) is 4.34. The molecular weight excluding hydrogens is 176 g/mol. The summed E-state index contributed by atoms with van der Waals surface area (Å²) in [4.78, 5) is 0. The molecule has 0 saturated carbocycles. The Morgan fingerprint density at radius 2 is 1.77 bits per heavy atom. The maximum atomic E-state index is 9.43. The van der Waals surface area contributed by atoms with Crippen LogP contribution in [0.15, 0.2) is 0 Å². The van der Waals surface area contributed by atoms with Gasteiger partial charge in [-0.15, -0.1) is 0 Å². The van der Waals surface area contributed by atoms with Gasteiger partial charge in [-0.05, 0) is 6.42 Å². The highest BCUT2D eigenvalue weighted by atomic mass is 16.7. The quantitative estimate of drug-likeness (QED) is 0.515. The summed E-state index contributed by atoms with van der Waals surface area (Å²) in [6.45, 7) is 1.82. The zero-order chi connectivity index (χ0) is 10.0. The summed E-state index contributed by atoms with van der Waals surface area (Å²) in [6, 6.07) is 0. The Hall–Kier alpha value is -0.200. The molecule has 0 aromatic carbocycles. The first-order valence-corrected chi connectivity index (χ1v) is 4.34. The van der Waals surface area contributed by atoms with Crippen LogP contribution in [0.3, 0.4) is 0 Å². The van der Waals surface area contributed by atoms with Crippen LogP contribution in [-0.4, -0.2) is 53.1 Å². The van der Waals surface area contributed by atoms with E-state index in [9.17, 15) is 15.3 Å². The predicted octanol–water partition coefficient (Wildman–Crippen LogP) is -1.15. The van der Waals surface area contributed by atoms with Crippen LogP contribution in [0.1, 0.15) is 13.3 Å². The third-order valence-corrected chi connectivity index (χ3v) is 2.30. The number of methoxy groups -OCH3 is 1. The molecule has 1 saturated heterocycles. The predicted molar refractivity (Wildman–Crippen MR) is 44.0 cm³/mol. The van der Waals surface area contributed by atoms with Crippen molar-refractivity contribution in [3.8, 4) is 0 Å². The zero-order valence-electron chi connectivity index (χ0n) is 7.75. The first-order valence-electron chi connectivity index (χ1n) is 4.34. The molecule has 0 bridgehead atoms. The van der Waals surface area contributed by atoms with Crippen LogP contribution in [0.4, 0.5) is 0 Å². The Balaban J connectivity index is 2.66. The van der Waals surface area contributed by atoms with Crippen LogP contribution in [-0.2, 0) is 9.47 Å². The summed E-state index contributed by atoms with van der Waals surface area (Å²) in [5.41, 5.74) is 0. The van der Waals surface area contributed by atoms with Crippen molar-refractivity contribution in [2.24, 2.45) is 0 Å². The average Bonchev–Trinajstić information content (AvgIpc) is 2.15. The zero-order valence-corrected chi connectivity index (χ0v) is 7.75. The lowest BCUT2D eigenvalue weighted by Gasteiger charge is -2.39. The highest BCUT2D eigenvalue weighted by molar-refractivity contribution is 4.88. The third-order valence-electron chi connectivity index (χ3n) is 2.30.